The maximum atomic E-state index is 12.5. The minimum atomic E-state index is -1.77. The van der Waals surface area contributed by atoms with Gasteiger partial charge >= 0.3 is 0 Å². The van der Waals surface area contributed by atoms with E-state index in [1.807, 2.05) is 24.3 Å². The summed E-state index contributed by atoms with van der Waals surface area (Å²) in [4.78, 5) is 4.63. The largest absolute Gasteiger partial charge is 0.493 e. The normalized spacial score (nSPS) is 12.2. The number of nitrogens with zero attached hydrogens (tertiary/aromatic N) is 1. The van der Waals surface area contributed by atoms with Crippen LogP contribution < -0.4 is 10.2 Å². The van der Waals surface area contributed by atoms with Crippen LogP contribution in [0, 0.1) is 0 Å². The van der Waals surface area contributed by atoms with E-state index in [2.05, 4.69) is 22.6 Å². The van der Waals surface area contributed by atoms with Crippen LogP contribution in [0.15, 0.2) is 59.6 Å². The highest BCUT2D eigenvalue weighted by Gasteiger charge is 2.18. The third-order valence-electron chi connectivity index (χ3n) is 3.87. The van der Waals surface area contributed by atoms with Gasteiger partial charge in [-0.05, 0) is 36.6 Å². The van der Waals surface area contributed by atoms with Crippen LogP contribution >= 0.6 is 11.6 Å². The molecule has 0 saturated heterocycles. The van der Waals surface area contributed by atoms with Crippen molar-refractivity contribution in [2.45, 2.75) is 17.7 Å². The van der Waals surface area contributed by atoms with Crippen LogP contribution in [0.3, 0.4) is 0 Å². The number of nitrogens with one attached hydrogen (secondary N) is 1. The molecule has 0 aliphatic heterocycles. The van der Waals surface area contributed by atoms with E-state index >= 15 is 0 Å². The van der Waals surface area contributed by atoms with Crippen LogP contribution in [0.5, 0.6) is 5.75 Å². The predicted octanol–water partition coefficient (Wildman–Crippen LogP) is 4.07. The lowest BCUT2D eigenvalue weighted by atomic mass is 10.1. The predicted molar refractivity (Wildman–Crippen MR) is 104 cm³/mol. The lowest BCUT2D eigenvalue weighted by Gasteiger charge is -2.12. The minimum absolute atomic E-state index is 0.347. The number of benzene rings is 2. The maximum Gasteiger partial charge on any atom is 0.210 e. The first-order valence-electron chi connectivity index (χ1n) is 8.18. The minimum Gasteiger partial charge on any atom is -0.493 e. The molecule has 7 heteroatoms. The molecule has 0 fully saturated rings. The van der Waals surface area contributed by atoms with Gasteiger partial charge in [-0.15, -0.1) is 0 Å². The molecule has 0 saturated carbocycles. The van der Waals surface area contributed by atoms with Gasteiger partial charge in [0.1, 0.15) is 10.4 Å². The van der Waals surface area contributed by atoms with Gasteiger partial charge in [0.15, 0.2) is 5.75 Å². The summed E-state index contributed by atoms with van der Waals surface area (Å²) in [6, 6.07) is 15.4. The van der Waals surface area contributed by atoms with Gasteiger partial charge in [0.25, 0.3) is 0 Å². The SMILES string of the molecule is COc1c(S(=O)ONCCCc2ccccc2)cc(Cl)c2cccnc12. The Morgan fingerprint density at radius 3 is 2.77 bits per heavy atom. The number of fused-ring (bicyclic) bond motifs is 1. The van der Waals surface area contributed by atoms with Crippen molar-refractivity contribution in [3.8, 4) is 5.75 Å². The van der Waals surface area contributed by atoms with Crippen molar-refractivity contribution in [2.24, 2.45) is 0 Å². The number of hydrogen-bond donors (Lipinski definition) is 1. The van der Waals surface area contributed by atoms with E-state index in [4.69, 9.17) is 20.6 Å². The Kier molecular flexibility index (Phi) is 6.57. The van der Waals surface area contributed by atoms with E-state index in [0.29, 0.717) is 27.7 Å². The van der Waals surface area contributed by atoms with Crippen molar-refractivity contribution in [2.75, 3.05) is 13.7 Å². The maximum absolute atomic E-state index is 12.5. The van der Waals surface area contributed by atoms with E-state index in [9.17, 15) is 4.21 Å². The fraction of sp³-hybridized carbons (Fsp3) is 0.211. The van der Waals surface area contributed by atoms with Crippen LogP contribution in [0.2, 0.25) is 5.02 Å². The molecular weight excluding hydrogens is 372 g/mol. The highest BCUT2D eigenvalue weighted by molar-refractivity contribution is 7.80. The second-order valence-electron chi connectivity index (χ2n) is 5.59. The number of hydrogen-bond acceptors (Lipinski definition) is 5. The number of ether oxygens (including phenoxy) is 1. The van der Waals surface area contributed by atoms with Crippen molar-refractivity contribution in [3.05, 3.63) is 65.3 Å². The summed E-state index contributed by atoms with van der Waals surface area (Å²) < 4.78 is 23.2. The average molecular weight is 391 g/mol. The zero-order valence-electron chi connectivity index (χ0n) is 14.3. The number of rotatable bonds is 8. The highest BCUT2D eigenvalue weighted by Crippen LogP contribution is 2.35. The number of pyridine rings is 1. The summed E-state index contributed by atoms with van der Waals surface area (Å²) in [6.07, 6.45) is 3.41. The molecule has 2 aromatic carbocycles. The quantitative estimate of drug-likeness (QED) is 0.464. The van der Waals surface area contributed by atoms with Crippen LogP contribution in [-0.2, 0) is 21.8 Å². The summed E-state index contributed by atoms with van der Waals surface area (Å²) in [5, 5.41) is 1.19. The summed E-state index contributed by atoms with van der Waals surface area (Å²) in [7, 11) is 1.51. The molecule has 0 radical (unpaired) electrons. The molecule has 26 heavy (non-hydrogen) atoms. The van der Waals surface area contributed by atoms with Crippen molar-refractivity contribution in [1.82, 2.24) is 10.5 Å². The second kappa shape index (κ2) is 9.09. The van der Waals surface area contributed by atoms with Crippen molar-refractivity contribution >= 4 is 33.6 Å². The molecule has 0 bridgehead atoms. The molecule has 0 aliphatic carbocycles. The first kappa shape index (κ1) is 18.8. The fourth-order valence-electron chi connectivity index (χ4n) is 2.62. The molecule has 1 N–H and O–H groups in total. The number of hydroxylamine groups is 1. The molecular formula is C19H19ClN2O3S. The van der Waals surface area contributed by atoms with Gasteiger partial charge in [0.05, 0.1) is 12.1 Å². The average Bonchev–Trinajstić information content (AvgIpc) is 2.68. The van der Waals surface area contributed by atoms with Gasteiger partial charge in [0.2, 0.25) is 11.1 Å². The first-order chi connectivity index (χ1) is 12.7. The lowest BCUT2D eigenvalue weighted by molar-refractivity contribution is 0.219. The van der Waals surface area contributed by atoms with E-state index < -0.39 is 11.1 Å². The Bertz CT molecular complexity index is 906. The standard InChI is InChI=1S/C19H19ClN2O3S/c1-24-19-17(13-16(20)15-10-6-11-21-18(15)19)26(23)25-22-12-5-9-14-7-3-2-4-8-14/h2-4,6-8,10-11,13,22H,5,9,12H2,1H3. The first-order valence-corrected chi connectivity index (χ1v) is 9.63. The van der Waals surface area contributed by atoms with Gasteiger partial charge in [0, 0.05) is 18.1 Å². The molecule has 1 aromatic heterocycles. The van der Waals surface area contributed by atoms with Gasteiger partial charge in [-0.25, -0.2) is 4.21 Å². The van der Waals surface area contributed by atoms with Crippen molar-refractivity contribution < 1.29 is 13.2 Å². The topological polar surface area (TPSA) is 60.5 Å². The Morgan fingerprint density at radius 1 is 1.19 bits per heavy atom. The third kappa shape index (κ3) is 4.40. The third-order valence-corrected chi connectivity index (χ3v) is 5.11. The molecule has 5 nitrogen and oxygen atoms in total. The Morgan fingerprint density at radius 2 is 2.00 bits per heavy atom. The van der Waals surface area contributed by atoms with Gasteiger partial charge in [-0.2, -0.15) is 9.76 Å². The Labute approximate surface area is 159 Å². The zero-order chi connectivity index (χ0) is 18.4. The zero-order valence-corrected chi connectivity index (χ0v) is 15.8. The monoisotopic (exact) mass is 390 g/mol. The number of methoxy groups -OCH3 is 1. The molecule has 136 valence electrons. The fourth-order valence-corrected chi connectivity index (χ4v) is 3.78. The van der Waals surface area contributed by atoms with Crippen LogP contribution in [0.25, 0.3) is 10.9 Å². The molecule has 3 aromatic rings. The molecule has 1 heterocycles. The molecule has 0 amide bonds. The van der Waals surface area contributed by atoms with E-state index in [-0.39, 0.29) is 0 Å². The lowest BCUT2D eigenvalue weighted by Crippen LogP contribution is -2.18. The van der Waals surface area contributed by atoms with Crippen molar-refractivity contribution in [1.29, 1.82) is 0 Å². The number of aromatic nitrogens is 1. The smallest absolute Gasteiger partial charge is 0.210 e. The Balaban J connectivity index is 1.62. The van der Waals surface area contributed by atoms with Gasteiger partial charge in [-0.3, -0.25) is 4.98 Å². The second-order valence-corrected chi connectivity index (χ2v) is 7.07. The molecule has 1 atom stereocenters. The molecule has 0 spiro atoms. The summed E-state index contributed by atoms with van der Waals surface area (Å²) in [5.41, 5.74) is 4.56. The van der Waals surface area contributed by atoms with Crippen LogP contribution in [0.1, 0.15) is 12.0 Å². The van der Waals surface area contributed by atoms with E-state index in [1.165, 1.54) is 12.7 Å². The number of halogens is 1. The summed E-state index contributed by atoms with van der Waals surface area (Å²) in [5.74, 6) is 0.398. The molecule has 1 unspecified atom stereocenters. The Hall–Kier alpha value is -1.99. The van der Waals surface area contributed by atoms with Gasteiger partial charge in [-0.1, -0.05) is 41.9 Å². The van der Waals surface area contributed by atoms with Crippen LogP contribution in [0.4, 0.5) is 0 Å². The molecule has 3 rings (SSSR count). The summed E-state index contributed by atoms with van der Waals surface area (Å²) in [6.45, 7) is 0.572. The van der Waals surface area contributed by atoms with E-state index in [0.717, 1.165) is 18.2 Å². The van der Waals surface area contributed by atoms with Crippen molar-refractivity contribution in [3.63, 3.8) is 0 Å². The molecule has 0 aliphatic rings. The highest BCUT2D eigenvalue weighted by atomic mass is 35.5. The number of aryl methyl sites for hydroxylation is 1. The summed E-state index contributed by atoms with van der Waals surface area (Å²) >= 11 is 4.51. The van der Waals surface area contributed by atoms with Crippen LogP contribution in [-0.4, -0.2) is 22.8 Å². The van der Waals surface area contributed by atoms with E-state index in [1.54, 1.807) is 18.3 Å². The van der Waals surface area contributed by atoms with Gasteiger partial charge < -0.3 is 4.74 Å².